The van der Waals surface area contributed by atoms with Gasteiger partial charge >= 0.3 is 0 Å². The van der Waals surface area contributed by atoms with Crippen LogP contribution in [0.4, 0.5) is 0 Å². The van der Waals surface area contributed by atoms with Gasteiger partial charge in [-0.25, -0.2) is 0 Å². The van der Waals surface area contributed by atoms with Crippen LogP contribution >= 0.6 is 0 Å². The zero-order chi connectivity index (χ0) is 11.1. The first-order valence-corrected chi connectivity index (χ1v) is 4.92. The number of nitriles is 1. The Balaban J connectivity index is 2.40. The lowest BCUT2D eigenvalue weighted by Crippen LogP contribution is -2.33. The molecule has 1 unspecified atom stereocenters. The lowest BCUT2D eigenvalue weighted by Gasteiger charge is -2.12. The summed E-state index contributed by atoms with van der Waals surface area (Å²) in [5, 5.41) is 11.1. The molecule has 0 heterocycles. The number of nitrogens with zero attached hydrogens (tertiary/aromatic N) is 1. The summed E-state index contributed by atoms with van der Waals surface area (Å²) in [4.78, 5) is 11.1. The number of benzene rings is 1. The van der Waals surface area contributed by atoms with E-state index in [0.717, 1.165) is 6.42 Å². The third-order valence-corrected chi connectivity index (χ3v) is 2.03. The Labute approximate surface area is 89.7 Å². The number of amides is 1. The van der Waals surface area contributed by atoms with E-state index in [2.05, 4.69) is 5.32 Å². The summed E-state index contributed by atoms with van der Waals surface area (Å²) in [6, 6.07) is 11.8. The molecule has 1 N–H and O–H groups in total. The minimum atomic E-state index is -0.207. The molecule has 1 amide bonds. The van der Waals surface area contributed by atoms with Gasteiger partial charge in [0.25, 0.3) is 0 Å². The maximum absolute atomic E-state index is 11.1. The van der Waals surface area contributed by atoms with Gasteiger partial charge in [-0.05, 0) is 18.9 Å². The Hall–Kier alpha value is -1.82. The Morgan fingerprint density at radius 2 is 2.13 bits per heavy atom. The van der Waals surface area contributed by atoms with Gasteiger partial charge in [-0.15, -0.1) is 0 Å². The Kier molecular flexibility index (Phi) is 4.36. The van der Waals surface area contributed by atoms with E-state index in [4.69, 9.17) is 5.26 Å². The molecule has 0 aliphatic carbocycles. The zero-order valence-corrected chi connectivity index (χ0v) is 8.73. The summed E-state index contributed by atoms with van der Waals surface area (Å²) in [6.45, 7) is 1.93. The number of carbonyl (C=O) groups is 1. The van der Waals surface area contributed by atoms with E-state index in [1.165, 1.54) is 5.56 Å². The van der Waals surface area contributed by atoms with Crippen molar-refractivity contribution in [1.82, 2.24) is 5.32 Å². The number of nitrogens with one attached hydrogen (secondary N) is 1. The average Bonchev–Trinajstić information content (AvgIpc) is 2.19. The van der Waals surface area contributed by atoms with Gasteiger partial charge in [0.1, 0.15) is 6.42 Å². The topological polar surface area (TPSA) is 52.9 Å². The number of carbonyl (C=O) groups excluding carboxylic acids is 1. The fourth-order valence-electron chi connectivity index (χ4n) is 1.42. The first kappa shape index (κ1) is 11.3. The van der Waals surface area contributed by atoms with Crippen molar-refractivity contribution in [2.24, 2.45) is 0 Å². The van der Waals surface area contributed by atoms with Crippen LogP contribution in [0.5, 0.6) is 0 Å². The predicted molar refractivity (Wildman–Crippen MR) is 58.0 cm³/mol. The second-order valence-electron chi connectivity index (χ2n) is 3.49. The quantitative estimate of drug-likeness (QED) is 0.807. The summed E-state index contributed by atoms with van der Waals surface area (Å²) >= 11 is 0. The molecule has 0 saturated carbocycles. The van der Waals surface area contributed by atoms with Crippen LogP contribution in [-0.4, -0.2) is 11.9 Å². The van der Waals surface area contributed by atoms with Crippen LogP contribution < -0.4 is 5.32 Å². The van der Waals surface area contributed by atoms with E-state index in [1.807, 2.05) is 43.3 Å². The van der Waals surface area contributed by atoms with Crippen LogP contribution in [0.25, 0.3) is 0 Å². The van der Waals surface area contributed by atoms with Gasteiger partial charge in [0.15, 0.2) is 0 Å². The van der Waals surface area contributed by atoms with Crippen molar-refractivity contribution in [3.63, 3.8) is 0 Å². The van der Waals surface area contributed by atoms with Gasteiger partial charge in [-0.3, -0.25) is 4.79 Å². The highest BCUT2D eigenvalue weighted by atomic mass is 16.1. The van der Waals surface area contributed by atoms with E-state index >= 15 is 0 Å². The Bertz CT molecular complexity index is 354. The van der Waals surface area contributed by atoms with Crippen LogP contribution in [-0.2, 0) is 11.2 Å². The molecule has 3 nitrogen and oxygen atoms in total. The second kappa shape index (κ2) is 5.82. The normalized spacial score (nSPS) is 11.5. The SMILES string of the molecule is CC(Cc1ccccc1)NC(=O)CC#N. The molecule has 0 bridgehead atoms. The largest absolute Gasteiger partial charge is 0.352 e. The number of hydrogen-bond acceptors (Lipinski definition) is 2. The van der Waals surface area contributed by atoms with E-state index in [0.29, 0.717) is 0 Å². The van der Waals surface area contributed by atoms with Crippen LogP contribution in [0, 0.1) is 11.3 Å². The molecule has 78 valence electrons. The molecule has 1 atom stereocenters. The molecule has 3 heteroatoms. The van der Waals surface area contributed by atoms with Gasteiger partial charge in [0.05, 0.1) is 6.07 Å². The molecule has 1 aromatic rings. The third-order valence-electron chi connectivity index (χ3n) is 2.03. The molecule has 1 rings (SSSR count). The predicted octanol–water partition coefficient (Wildman–Crippen LogP) is 1.65. The molecule has 0 aliphatic heterocycles. The van der Waals surface area contributed by atoms with Crippen LogP contribution in [0.1, 0.15) is 18.9 Å². The lowest BCUT2D eigenvalue weighted by atomic mass is 10.1. The summed E-state index contributed by atoms with van der Waals surface area (Å²) in [5.74, 6) is -0.207. The minimum Gasteiger partial charge on any atom is -0.352 e. The molecule has 0 radical (unpaired) electrons. The maximum atomic E-state index is 11.1. The van der Waals surface area contributed by atoms with Crippen molar-refractivity contribution in [1.29, 1.82) is 5.26 Å². The van der Waals surface area contributed by atoms with Crippen LogP contribution in [0.15, 0.2) is 30.3 Å². The summed E-state index contributed by atoms with van der Waals surface area (Å²) < 4.78 is 0. The Morgan fingerprint density at radius 1 is 1.47 bits per heavy atom. The van der Waals surface area contributed by atoms with E-state index < -0.39 is 0 Å². The van der Waals surface area contributed by atoms with Crippen molar-refractivity contribution in [2.45, 2.75) is 25.8 Å². The highest BCUT2D eigenvalue weighted by Gasteiger charge is 2.06. The standard InChI is InChI=1S/C12H14N2O/c1-10(14-12(15)7-8-13)9-11-5-3-2-4-6-11/h2-6,10H,7,9H2,1H3,(H,14,15). The smallest absolute Gasteiger partial charge is 0.234 e. The molecule has 15 heavy (non-hydrogen) atoms. The van der Waals surface area contributed by atoms with Gasteiger partial charge in [0.2, 0.25) is 5.91 Å². The summed E-state index contributed by atoms with van der Waals surface area (Å²) in [6.07, 6.45) is 0.719. The second-order valence-corrected chi connectivity index (χ2v) is 3.49. The highest BCUT2D eigenvalue weighted by Crippen LogP contribution is 2.02. The van der Waals surface area contributed by atoms with Crippen molar-refractivity contribution in [3.05, 3.63) is 35.9 Å². The van der Waals surface area contributed by atoms with E-state index in [-0.39, 0.29) is 18.4 Å². The summed E-state index contributed by atoms with van der Waals surface area (Å²) in [7, 11) is 0. The first-order valence-electron chi connectivity index (χ1n) is 4.92. The van der Waals surface area contributed by atoms with Gasteiger partial charge < -0.3 is 5.32 Å². The van der Waals surface area contributed by atoms with E-state index in [1.54, 1.807) is 0 Å². The number of rotatable bonds is 4. The molecular formula is C12H14N2O. The summed E-state index contributed by atoms with van der Waals surface area (Å²) in [5.41, 5.74) is 1.18. The van der Waals surface area contributed by atoms with Gasteiger partial charge in [0, 0.05) is 6.04 Å². The van der Waals surface area contributed by atoms with Crippen molar-refractivity contribution >= 4 is 5.91 Å². The van der Waals surface area contributed by atoms with E-state index in [9.17, 15) is 4.79 Å². The highest BCUT2D eigenvalue weighted by molar-refractivity contribution is 5.78. The molecule has 0 fully saturated rings. The molecule has 0 aromatic heterocycles. The maximum Gasteiger partial charge on any atom is 0.234 e. The molecule has 0 spiro atoms. The molecule has 1 aromatic carbocycles. The Morgan fingerprint density at radius 3 is 2.73 bits per heavy atom. The van der Waals surface area contributed by atoms with Crippen LogP contribution in [0.2, 0.25) is 0 Å². The van der Waals surface area contributed by atoms with Crippen molar-refractivity contribution in [3.8, 4) is 6.07 Å². The van der Waals surface area contributed by atoms with Crippen molar-refractivity contribution in [2.75, 3.05) is 0 Å². The zero-order valence-electron chi connectivity index (χ0n) is 8.73. The van der Waals surface area contributed by atoms with Gasteiger partial charge in [-0.1, -0.05) is 30.3 Å². The molecular weight excluding hydrogens is 188 g/mol. The number of hydrogen-bond donors (Lipinski definition) is 1. The van der Waals surface area contributed by atoms with Crippen LogP contribution in [0.3, 0.4) is 0 Å². The molecule has 0 saturated heterocycles. The fourth-order valence-corrected chi connectivity index (χ4v) is 1.42. The van der Waals surface area contributed by atoms with Crippen molar-refractivity contribution < 1.29 is 4.79 Å². The lowest BCUT2D eigenvalue weighted by molar-refractivity contribution is -0.120. The van der Waals surface area contributed by atoms with Gasteiger partial charge in [-0.2, -0.15) is 5.26 Å². The first-order chi connectivity index (χ1) is 7.22. The third kappa shape index (κ3) is 4.28. The monoisotopic (exact) mass is 202 g/mol. The minimum absolute atomic E-state index is 0.0632. The average molecular weight is 202 g/mol. The fraction of sp³-hybridized carbons (Fsp3) is 0.333. The molecule has 0 aliphatic rings.